The van der Waals surface area contributed by atoms with E-state index in [0.29, 0.717) is 5.75 Å². The van der Waals surface area contributed by atoms with Gasteiger partial charge >= 0.3 is 0 Å². The second-order valence-corrected chi connectivity index (χ2v) is 8.16. The third-order valence-corrected chi connectivity index (χ3v) is 6.53. The molecule has 0 aliphatic carbocycles. The lowest BCUT2D eigenvalue weighted by Crippen LogP contribution is -2.02. The highest BCUT2D eigenvalue weighted by Crippen LogP contribution is 2.38. The predicted molar refractivity (Wildman–Crippen MR) is 116 cm³/mol. The summed E-state index contributed by atoms with van der Waals surface area (Å²) in [4.78, 5) is 25.8. The fourth-order valence-corrected chi connectivity index (χ4v) is 5.18. The maximum Gasteiger partial charge on any atom is 0.175 e. The van der Waals surface area contributed by atoms with Crippen molar-refractivity contribution in [2.24, 2.45) is 0 Å². The van der Waals surface area contributed by atoms with E-state index in [1.54, 1.807) is 23.9 Å². The van der Waals surface area contributed by atoms with Crippen LogP contribution in [0.3, 0.4) is 0 Å². The molecule has 0 fully saturated rings. The Hall–Kier alpha value is -2.96. The number of H-pyrrole nitrogens is 1. The summed E-state index contributed by atoms with van der Waals surface area (Å²) < 4.78 is 0. The molecule has 0 unspecified atom stereocenters. The molecular formula is C22H15N3OS2. The fourth-order valence-electron chi connectivity index (χ4n) is 3.30. The smallest absolute Gasteiger partial charge is 0.175 e. The SMILES string of the molecule is O=C(CSc1ncnc2scc(-c3ccccc3)c12)c1c[nH]c2ccccc12. The van der Waals surface area contributed by atoms with E-state index in [1.165, 1.54) is 11.8 Å². The molecule has 0 spiro atoms. The number of nitrogens with one attached hydrogen (secondary N) is 1. The Labute approximate surface area is 169 Å². The van der Waals surface area contributed by atoms with E-state index >= 15 is 0 Å². The van der Waals surface area contributed by atoms with Crippen molar-refractivity contribution in [2.75, 3.05) is 5.75 Å². The molecule has 136 valence electrons. The van der Waals surface area contributed by atoms with Gasteiger partial charge in [0.25, 0.3) is 0 Å². The number of aromatic nitrogens is 3. The van der Waals surface area contributed by atoms with E-state index in [2.05, 4.69) is 32.5 Å². The zero-order chi connectivity index (χ0) is 18.9. The van der Waals surface area contributed by atoms with Crippen LogP contribution in [-0.2, 0) is 0 Å². The van der Waals surface area contributed by atoms with Crippen molar-refractivity contribution in [1.82, 2.24) is 15.0 Å². The molecule has 5 aromatic rings. The van der Waals surface area contributed by atoms with Crippen LogP contribution in [0.4, 0.5) is 0 Å². The van der Waals surface area contributed by atoms with Crippen molar-refractivity contribution >= 4 is 50.0 Å². The molecule has 6 heteroatoms. The molecule has 0 aliphatic heterocycles. The number of thiophene rings is 1. The molecule has 5 rings (SSSR count). The van der Waals surface area contributed by atoms with Gasteiger partial charge in [0.05, 0.1) is 11.1 Å². The number of rotatable bonds is 5. The number of hydrogen-bond acceptors (Lipinski definition) is 5. The summed E-state index contributed by atoms with van der Waals surface area (Å²) in [5, 5.41) is 4.94. The summed E-state index contributed by atoms with van der Waals surface area (Å²) in [6.45, 7) is 0. The predicted octanol–water partition coefficient (Wildman–Crippen LogP) is 5.81. The average molecular weight is 402 g/mol. The van der Waals surface area contributed by atoms with Crippen molar-refractivity contribution in [3.05, 3.63) is 78.1 Å². The topological polar surface area (TPSA) is 58.6 Å². The normalized spacial score (nSPS) is 11.3. The van der Waals surface area contributed by atoms with Gasteiger partial charge in [-0.3, -0.25) is 4.79 Å². The number of para-hydroxylation sites is 1. The number of benzene rings is 2. The van der Waals surface area contributed by atoms with Gasteiger partial charge in [0.2, 0.25) is 0 Å². The summed E-state index contributed by atoms with van der Waals surface area (Å²) in [5.41, 5.74) is 3.95. The van der Waals surface area contributed by atoms with Crippen LogP contribution in [0.15, 0.2) is 77.5 Å². The molecule has 2 aromatic carbocycles. The lowest BCUT2D eigenvalue weighted by Gasteiger charge is -2.05. The Balaban J connectivity index is 1.47. The van der Waals surface area contributed by atoms with Gasteiger partial charge in [0.15, 0.2) is 5.78 Å². The van der Waals surface area contributed by atoms with E-state index in [1.807, 2.05) is 42.5 Å². The van der Waals surface area contributed by atoms with Crippen molar-refractivity contribution < 1.29 is 4.79 Å². The third kappa shape index (κ3) is 3.00. The molecule has 3 heterocycles. The molecule has 0 bridgehead atoms. The Morgan fingerprint density at radius 2 is 1.86 bits per heavy atom. The van der Waals surface area contributed by atoms with E-state index in [9.17, 15) is 4.79 Å². The quantitative estimate of drug-likeness (QED) is 0.229. The molecule has 1 N–H and O–H groups in total. The van der Waals surface area contributed by atoms with E-state index in [4.69, 9.17) is 0 Å². The Morgan fingerprint density at radius 3 is 2.75 bits per heavy atom. The number of aromatic amines is 1. The van der Waals surface area contributed by atoms with Crippen molar-refractivity contribution in [1.29, 1.82) is 0 Å². The van der Waals surface area contributed by atoms with Gasteiger partial charge in [-0.25, -0.2) is 9.97 Å². The van der Waals surface area contributed by atoms with Gasteiger partial charge in [0, 0.05) is 33.6 Å². The molecule has 0 atom stereocenters. The first-order valence-corrected chi connectivity index (χ1v) is 10.7. The van der Waals surface area contributed by atoms with Crippen molar-refractivity contribution in [3.63, 3.8) is 0 Å². The third-order valence-electron chi connectivity index (χ3n) is 4.65. The molecule has 0 saturated heterocycles. The summed E-state index contributed by atoms with van der Waals surface area (Å²) in [6.07, 6.45) is 3.37. The van der Waals surface area contributed by atoms with Gasteiger partial charge in [-0.05, 0) is 11.6 Å². The second-order valence-electron chi connectivity index (χ2n) is 6.33. The van der Waals surface area contributed by atoms with Crippen LogP contribution in [0, 0.1) is 0 Å². The first-order valence-electron chi connectivity index (χ1n) is 8.81. The molecular weight excluding hydrogens is 386 g/mol. The Bertz CT molecular complexity index is 1290. The van der Waals surface area contributed by atoms with Crippen LogP contribution in [-0.4, -0.2) is 26.5 Å². The van der Waals surface area contributed by atoms with Crippen LogP contribution in [0.5, 0.6) is 0 Å². The number of ketones is 1. The monoisotopic (exact) mass is 401 g/mol. The van der Waals surface area contributed by atoms with Gasteiger partial charge in [-0.1, -0.05) is 60.3 Å². The summed E-state index contributed by atoms with van der Waals surface area (Å²) >= 11 is 3.07. The minimum atomic E-state index is 0.0886. The highest BCUT2D eigenvalue weighted by molar-refractivity contribution is 8.00. The zero-order valence-corrected chi connectivity index (χ0v) is 16.4. The Kier molecular flexibility index (Phi) is 4.43. The van der Waals surface area contributed by atoms with Crippen molar-refractivity contribution in [3.8, 4) is 11.1 Å². The molecule has 0 aliphatic rings. The molecule has 0 saturated carbocycles. The maximum absolute atomic E-state index is 12.8. The fraction of sp³-hybridized carbons (Fsp3) is 0.0455. The zero-order valence-electron chi connectivity index (χ0n) is 14.8. The second kappa shape index (κ2) is 7.22. The van der Waals surface area contributed by atoms with Crippen LogP contribution < -0.4 is 0 Å². The molecule has 28 heavy (non-hydrogen) atoms. The molecule has 0 amide bonds. The minimum absolute atomic E-state index is 0.0886. The molecule has 3 aromatic heterocycles. The summed E-state index contributed by atoms with van der Waals surface area (Å²) in [7, 11) is 0. The number of carbonyl (C=O) groups is 1. The molecule has 4 nitrogen and oxygen atoms in total. The van der Waals surface area contributed by atoms with Crippen LogP contribution >= 0.6 is 23.1 Å². The Morgan fingerprint density at radius 1 is 1.04 bits per heavy atom. The van der Waals surface area contributed by atoms with Gasteiger partial charge in [-0.2, -0.15) is 0 Å². The number of hydrogen-bond donors (Lipinski definition) is 1. The number of carbonyl (C=O) groups excluding carboxylic acids is 1. The summed E-state index contributed by atoms with van der Waals surface area (Å²) in [5.74, 6) is 0.420. The van der Waals surface area contributed by atoms with E-state index < -0.39 is 0 Å². The van der Waals surface area contributed by atoms with E-state index in [0.717, 1.165) is 42.8 Å². The van der Waals surface area contributed by atoms with Crippen LogP contribution in [0.1, 0.15) is 10.4 Å². The maximum atomic E-state index is 12.8. The lowest BCUT2D eigenvalue weighted by molar-refractivity contribution is 0.102. The van der Waals surface area contributed by atoms with Gasteiger partial charge in [-0.15, -0.1) is 11.3 Å². The van der Waals surface area contributed by atoms with Gasteiger partial charge in [0.1, 0.15) is 16.2 Å². The first kappa shape index (κ1) is 17.2. The number of Topliss-reactive ketones (excluding diaryl/α,β-unsaturated/α-hetero) is 1. The standard InChI is InChI=1S/C22H15N3OS2/c26-19(16-10-23-18-9-5-4-8-15(16)18)12-28-22-20-17(14-6-2-1-3-7-14)11-27-21(20)24-13-25-22/h1-11,13,23H,12H2. The minimum Gasteiger partial charge on any atom is -0.360 e. The number of fused-ring (bicyclic) bond motifs is 2. The number of thioether (sulfide) groups is 1. The highest BCUT2D eigenvalue weighted by Gasteiger charge is 2.16. The summed E-state index contributed by atoms with van der Waals surface area (Å²) in [6, 6.07) is 18.1. The number of nitrogens with zero attached hydrogens (tertiary/aromatic N) is 2. The van der Waals surface area contributed by atoms with Crippen LogP contribution in [0.2, 0.25) is 0 Å². The van der Waals surface area contributed by atoms with Crippen molar-refractivity contribution in [2.45, 2.75) is 5.03 Å². The van der Waals surface area contributed by atoms with Crippen LogP contribution in [0.25, 0.3) is 32.2 Å². The van der Waals surface area contributed by atoms with E-state index in [-0.39, 0.29) is 5.78 Å². The lowest BCUT2D eigenvalue weighted by atomic mass is 10.1. The molecule has 0 radical (unpaired) electrons. The highest BCUT2D eigenvalue weighted by atomic mass is 32.2. The van der Waals surface area contributed by atoms with Gasteiger partial charge < -0.3 is 4.98 Å². The average Bonchev–Trinajstić information content (AvgIpc) is 3.37. The first-order chi connectivity index (χ1) is 13.8. The largest absolute Gasteiger partial charge is 0.360 e.